The van der Waals surface area contributed by atoms with E-state index in [0.29, 0.717) is 17.1 Å². The standard InChI is InChI=1S/C15H19BrO3/c1-18-11-6-7-13(19-2)12(10-11)14(17)15(16)8-4-3-5-9-15/h6-7,10H,3-5,8-9H2,1-2H3. The highest BCUT2D eigenvalue weighted by atomic mass is 79.9. The number of hydrogen-bond donors (Lipinski definition) is 0. The molecule has 0 N–H and O–H groups in total. The molecule has 19 heavy (non-hydrogen) atoms. The van der Waals surface area contributed by atoms with E-state index < -0.39 is 4.32 Å². The molecule has 4 heteroatoms. The van der Waals surface area contributed by atoms with Gasteiger partial charge in [0.25, 0.3) is 0 Å². The van der Waals surface area contributed by atoms with Gasteiger partial charge in [-0.25, -0.2) is 0 Å². The Morgan fingerprint density at radius 2 is 1.84 bits per heavy atom. The highest BCUT2D eigenvalue weighted by Gasteiger charge is 2.38. The lowest BCUT2D eigenvalue weighted by Crippen LogP contribution is -2.34. The molecule has 0 aromatic heterocycles. The van der Waals surface area contributed by atoms with Crippen LogP contribution < -0.4 is 9.47 Å². The molecule has 0 atom stereocenters. The van der Waals surface area contributed by atoms with Gasteiger partial charge in [-0.05, 0) is 31.0 Å². The minimum absolute atomic E-state index is 0.1000. The van der Waals surface area contributed by atoms with Crippen LogP contribution in [0.5, 0.6) is 11.5 Å². The van der Waals surface area contributed by atoms with E-state index in [-0.39, 0.29) is 5.78 Å². The van der Waals surface area contributed by atoms with Crippen LogP contribution >= 0.6 is 15.9 Å². The van der Waals surface area contributed by atoms with Crippen molar-refractivity contribution in [1.82, 2.24) is 0 Å². The van der Waals surface area contributed by atoms with Gasteiger partial charge in [0.2, 0.25) is 0 Å². The summed E-state index contributed by atoms with van der Waals surface area (Å²) in [5, 5.41) is 0. The molecule has 0 bridgehead atoms. The van der Waals surface area contributed by atoms with Gasteiger partial charge in [-0.1, -0.05) is 35.2 Å². The summed E-state index contributed by atoms with van der Waals surface area (Å²) >= 11 is 3.66. The topological polar surface area (TPSA) is 35.5 Å². The van der Waals surface area contributed by atoms with E-state index >= 15 is 0 Å². The van der Waals surface area contributed by atoms with Crippen LogP contribution in [-0.4, -0.2) is 24.3 Å². The first kappa shape index (κ1) is 14.4. The second-order valence-electron chi connectivity index (χ2n) is 4.92. The van der Waals surface area contributed by atoms with Crippen LogP contribution in [0.2, 0.25) is 0 Å². The predicted octanol–water partition coefficient (Wildman–Crippen LogP) is 3.98. The molecule has 104 valence electrons. The normalized spacial score (nSPS) is 17.8. The summed E-state index contributed by atoms with van der Waals surface area (Å²) in [6.07, 6.45) is 5.14. The van der Waals surface area contributed by atoms with Gasteiger partial charge in [-0.15, -0.1) is 0 Å². The number of Topliss-reactive ketones (excluding diaryl/α,β-unsaturated/α-hetero) is 1. The van der Waals surface area contributed by atoms with Gasteiger partial charge in [0, 0.05) is 0 Å². The number of halogens is 1. The molecule has 1 fully saturated rings. The third kappa shape index (κ3) is 2.94. The van der Waals surface area contributed by atoms with Crippen LogP contribution in [0.4, 0.5) is 0 Å². The fourth-order valence-electron chi connectivity index (χ4n) is 2.57. The Balaban J connectivity index is 2.36. The van der Waals surface area contributed by atoms with Gasteiger partial charge in [-0.2, -0.15) is 0 Å². The number of hydrogen-bond acceptors (Lipinski definition) is 3. The molecule has 0 aliphatic heterocycles. The monoisotopic (exact) mass is 326 g/mol. The maximum absolute atomic E-state index is 12.8. The van der Waals surface area contributed by atoms with Crippen molar-refractivity contribution in [3.63, 3.8) is 0 Å². The summed E-state index contributed by atoms with van der Waals surface area (Å²) in [5.41, 5.74) is 0.598. The number of ketones is 1. The second kappa shape index (κ2) is 5.95. The Morgan fingerprint density at radius 3 is 2.42 bits per heavy atom. The summed E-state index contributed by atoms with van der Waals surface area (Å²) < 4.78 is 10.1. The molecule has 0 heterocycles. The van der Waals surface area contributed by atoms with E-state index in [0.717, 1.165) is 25.7 Å². The number of methoxy groups -OCH3 is 2. The molecule has 1 aliphatic carbocycles. The van der Waals surface area contributed by atoms with Crippen molar-refractivity contribution >= 4 is 21.7 Å². The average molecular weight is 327 g/mol. The zero-order valence-corrected chi connectivity index (χ0v) is 13.0. The van der Waals surface area contributed by atoms with Gasteiger partial charge in [0.05, 0.1) is 24.1 Å². The largest absolute Gasteiger partial charge is 0.497 e. The molecule has 1 aliphatic rings. The molecule has 1 aromatic carbocycles. The van der Waals surface area contributed by atoms with E-state index in [4.69, 9.17) is 9.47 Å². The zero-order valence-electron chi connectivity index (χ0n) is 11.4. The van der Waals surface area contributed by atoms with Crippen LogP contribution in [0.3, 0.4) is 0 Å². The van der Waals surface area contributed by atoms with Crippen molar-refractivity contribution in [2.75, 3.05) is 14.2 Å². The van der Waals surface area contributed by atoms with E-state index in [1.165, 1.54) is 6.42 Å². The Kier molecular flexibility index (Phi) is 4.50. The van der Waals surface area contributed by atoms with Gasteiger partial charge in [-0.3, -0.25) is 4.79 Å². The molecule has 0 amide bonds. The molecular weight excluding hydrogens is 308 g/mol. The highest BCUT2D eigenvalue weighted by Crippen LogP contribution is 2.40. The first-order chi connectivity index (χ1) is 9.10. The van der Waals surface area contributed by atoms with E-state index in [9.17, 15) is 4.79 Å². The third-order valence-corrected chi connectivity index (χ3v) is 4.86. The molecule has 3 nitrogen and oxygen atoms in total. The molecule has 1 aromatic rings. The molecular formula is C15H19BrO3. The van der Waals surface area contributed by atoms with Crippen LogP contribution in [0.25, 0.3) is 0 Å². The molecule has 0 radical (unpaired) electrons. The number of ether oxygens (including phenoxy) is 2. The molecule has 0 saturated heterocycles. The lowest BCUT2D eigenvalue weighted by Gasteiger charge is -2.30. The summed E-state index contributed by atoms with van der Waals surface area (Å²) in [5.74, 6) is 1.38. The lowest BCUT2D eigenvalue weighted by molar-refractivity contribution is 0.0920. The maximum atomic E-state index is 12.8. The quantitative estimate of drug-likeness (QED) is 0.620. The fourth-order valence-corrected chi connectivity index (χ4v) is 3.35. The first-order valence-electron chi connectivity index (χ1n) is 6.56. The van der Waals surface area contributed by atoms with Crippen molar-refractivity contribution < 1.29 is 14.3 Å². The summed E-state index contributed by atoms with van der Waals surface area (Å²) in [4.78, 5) is 12.8. The highest BCUT2D eigenvalue weighted by molar-refractivity contribution is 9.10. The minimum atomic E-state index is -0.440. The number of carbonyl (C=O) groups excluding carboxylic acids is 1. The second-order valence-corrected chi connectivity index (χ2v) is 6.44. The van der Waals surface area contributed by atoms with Gasteiger partial charge < -0.3 is 9.47 Å². The molecule has 2 rings (SSSR count). The van der Waals surface area contributed by atoms with Crippen molar-refractivity contribution in [2.45, 2.75) is 36.4 Å². The Morgan fingerprint density at radius 1 is 1.16 bits per heavy atom. The van der Waals surface area contributed by atoms with Crippen LogP contribution in [0.15, 0.2) is 18.2 Å². The minimum Gasteiger partial charge on any atom is -0.497 e. The van der Waals surface area contributed by atoms with Crippen LogP contribution in [0, 0.1) is 0 Å². The molecule has 1 saturated carbocycles. The zero-order chi connectivity index (χ0) is 13.9. The third-order valence-electron chi connectivity index (χ3n) is 3.70. The smallest absolute Gasteiger partial charge is 0.183 e. The number of alkyl halides is 1. The Labute approximate surface area is 122 Å². The van der Waals surface area contributed by atoms with Gasteiger partial charge in [0.1, 0.15) is 11.5 Å². The van der Waals surface area contributed by atoms with Gasteiger partial charge in [0.15, 0.2) is 5.78 Å². The van der Waals surface area contributed by atoms with Crippen molar-refractivity contribution in [2.24, 2.45) is 0 Å². The number of carbonyl (C=O) groups is 1. The fraction of sp³-hybridized carbons (Fsp3) is 0.533. The lowest BCUT2D eigenvalue weighted by atomic mass is 9.83. The van der Waals surface area contributed by atoms with Crippen LogP contribution in [-0.2, 0) is 0 Å². The van der Waals surface area contributed by atoms with Crippen molar-refractivity contribution in [3.05, 3.63) is 23.8 Å². The summed E-state index contributed by atoms with van der Waals surface area (Å²) in [6.45, 7) is 0. The Bertz CT molecular complexity index is 464. The summed E-state index contributed by atoms with van der Waals surface area (Å²) in [7, 11) is 3.18. The molecule has 0 spiro atoms. The van der Waals surface area contributed by atoms with E-state index in [1.807, 2.05) is 0 Å². The average Bonchev–Trinajstić information content (AvgIpc) is 2.46. The van der Waals surface area contributed by atoms with Crippen LogP contribution in [0.1, 0.15) is 42.5 Å². The van der Waals surface area contributed by atoms with E-state index in [1.54, 1.807) is 32.4 Å². The van der Waals surface area contributed by atoms with Gasteiger partial charge >= 0.3 is 0 Å². The molecule has 0 unspecified atom stereocenters. The first-order valence-corrected chi connectivity index (χ1v) is 7.36. The van der Waals surface area contributed by atoms with Crippen molar-refractivity contribution in [1.29, 1.82) is 0 Å². The van der Waals surface area contributed by atoms with Crippen molar-refractivity contribution in [3.8, 4) is 11.5 Å². The SMILES string of the molecule is COc1ccc(OC)c(C(=O)C2(Br)CCCCC2)c1. The maximum Gasteiger partial charge on any atom is 0.183 e. The Hall–Kier alpha value is -1.03. The predicted molar refractivity (Wildman–Crippen MR) is 78.6 cm³/mol. The van der Waals surface area contributed by atoms with E-state index in [2.05, 4.69) is 15.9 Å². The summed E-state index contributed by atoms with van der Waals surface area (Å²) in [6, 6.07) is 5.35. The number of benzene rings is 1. The number of rotatable bonds is 4.